The average Bonchev–Trinajstić information content (AvgIpc) is 3.17. The largest absolute Gasteiger partial charge is 0.487 e. The minimum Gasteiger partial charge on any atom is -0.487 e. The van der Waals surface area contributed by atoms with E-state index in [0.717, 1.165) is 44.6 Å². The van der Waals surface area contributed by atoms with E-state index in [0.29, 0.717) is 6.42 Å². The summed E-state index contributed by atoms with van der Waals surface area (Å²) in [6.45, 7) is 3.13. The van der Waals surface area contributed by atoms with Crippen molar-refractivity contribution in [2.24, 2.45) is 0 Å². The lowest BCUT2D eigenvalue weighted by Crippen LogP contribution is -2.50. The van der Waals surface area contributed by atoms with E-state index in [2.05, 4.69) is 39.9 Å². The topological polar surface area (TPSA) is 41.6 Å². The first kappa shape index (κ1) is 17.6. The van der Waals surface area contributed by atoms with Gasteiger partial charge < -0.3 is 10.1 Å². The fourth-order valence-electron chi connectivity index (χ4n) is 4.30. The Kier molecular flexibility index (Phi) is 5.00. The quantitative estimate of drug-likeness (QED) is 0.890. The lowest BCUT2D eigenvalue weighted by Gasteiger charge is -2.47. The van der Waals surface area contributed by atoms with E-state index in [4.69, 9.17) is 4.74 Å². The highest BCUT2D eigenvalue weighted by Gasteiger charge is 2.43. The summed E-state index contributed by atoms with van der Waals surface area (Å²) in [6.07, 6.45) is 3.52. The Labute approximate surface area is 159 Å². The summed E-state index contributed by atoms with van der Waals surface area (Å²) in [5.74, 6) is 1.32. The summed E-state index contributed by atoms with van der Waals surface area (Å²) >= 11 is 1.83. The molecule has 0 saturated carbocycles. The van der Waals surface area contributed by atoms with Crippen LogP contribution in [0.4, 0.5) is 0 Å². The van der Waals surface area contributed by atoms with Crippen LogP contribution in [0.15, 0.2) is 41.8 Å². The molecule has 26 heavy (non-hydrogen) atoms. The highest BCUT2D eigenvalue weighted by molar-refractivity contribution is 7.09. The van der Waals surface area contributed by atoms with Crippen molar-refractivity contribution in [2.45, 2.75) is 43.7 Å². The summed E-state index contributed by atoms with van der Waals surface area (Å²) in [5.41, 5.74) is 1.06. The van der Waals surface area contributed by atoms with Gasteiger partial charge in [0.05, 0.1) is 0 Å². The number of nitrogens with zero attached hydrogens (tertiary/aromatic N) is 1. The Bertz CT molecular complexity index is 751. The molecule has 1 amide bonds. The molecule has 0 radical (unpaired) electrons. The SMILES string of the molecule is CNC(=O)C[C@@H]1CC2(CCN(Cc3cccs3)CC2)Oc2ccccc21. The van der Waals surface area contributed by atoms with Crippen LogP contribution in [-0.4, -0.2) is 36.5 Å². The lowest BCUT2D eigenvalue weighted by molar-refractivity contribution is -0.121. The molecule has 2 aliphatic rings. The number of carbonyl (C=O) groups excluding carboxylic acids is 1. The van der Waals surface area contributed by atoms with Crippen molar-refractivity contribution in [3.8, 4) is 5.75 Å². The number of para-hydroxylation sites is 1. The number of nitrogens with one attached hydrogen (secondary N) is 1. The van der Waals surface area contributed by atoms with Gasteiger partial charge >= 0.3 is 0 Å². The number of piperidine rings is 1. The second-order valence-electron chi connectivity index (χ2n) is 7.46. The Hall–Kier alpha value is -1.85. The molecule has 0 unspecified atom stereocenters. The van der Waals surface area contributed by atoms with Crippen molar-refractivity contribution in [2.75, 3.05) is 20.1 Å². The van der Waals surface area contributed by atoms with Gasteiger partial charge in [-0.3, -0.25) is 9.69 Å². The first-order valence-electron chi connectivity index (χ1n) is 9.41. The predicted octanol–water partition coefficient (Wildman–Crippen LogP) is 3.79. The number of rotatable bonds is 4. The van der Waals surface area contributed by atoms with Crippen LogP contribution in [0.1, 0.15) is 42.0 Å². The maximum absolute atomic E-state index is 12.0. The molecule has 4 rings (SSSR count). The fraction of sp³-hybridized carbons (Fsp3) is 0.476. The van der Waals surface area contributed by atoms with Crippen LogP contribution in [-0.2, 0) is 11.3 Å². The zero-order valence-corrected chi connectivity index (χ0v) is 16.1. The molecule has 3 heterocycles. The Balaban J connectivity index is 1.48. The first-order chi connectivity index (χ1) is 12.7. The second-order valence-corrected chi connectivity index (χ2v) is 8.49. The van der Waals surface area contributed by atoms with E-state index in [1.807, 2.05) is 23.5 Å². The number of thiophene rings is 1. The van der Waals surface area contributed by atoms with Crippen LogP contribution in [0.5, 0.6) is 5.75 Å². The fourth-order valence-corrected chi connectivity index (χ4v) is 5.05. The van der Waals surface area contributed by atoms with Crippen LogP contribution in [0.25, 0.3) is 0 Å². The third-order valence-electron chi connectivity index (χ3n) is 5.74. The first-order valence-corrected chi connectivity index (χ1v) is 10.3. The number of carbonyl (C=O) groups is 1. The summed E-state index contributed by atoms with van der Waals surface area (Å²) in [6, 6.07) is 12.6. The van der Waals surface area contributed by atoms with E-state index < -0.39 is 0 Å². The molecular formula is C21H26N2O2S. The summed E-state index contributed by atoms with van der Waals surface area (Å²) in [5, 5.41) is 4.92. The minimum atomic E-state index is -0.126. The zero-order valence-electron chi connectivity index (χ0n) is 15.2. The van der Waals surface area contributed by atoms with Gasteiger partial charge in [-0.2, -0.15) is 0 Å². The average molecular weight is 371 g/mol. The van der Waals surface area contributed by atoms with Crippen LogP contribution in [0, 0.1) is 0 Å². The molecule has 1 aromatic carbocycles. The molecule has 1 fully saturated rings. The number of fused-ring (bicyclic) bond motifs is 1. The van der Waals surface area contributed by atoms with Gasteiger partial charge in [-0.25, -0.2) is 0 Å². The van der Waals surface area contributed by atoms with Gasteiger partial charge in [0.15, 0.2) is 0 Å². The number of ether oxygens (including phenoxy) is 1. The monoisotopic (exact) mass is 370 g/mol. The molecular weight excluding hydrogens is 344 g/mol. The van der Waals surface area contributed by atoms with Crippen LogP contribution < -0.4 is 10.1 Å². The summed E-state index contributed by atoms with van der Waals surface area (Å²) in [7, 11) is 1.71. The Morgan fingerprint density at radius 1 is 1.27 bits per heavy atom. The van der Waals surface area contributed by atoms with Crippen molar-refractivity contribution in [1.82, 2.24) is 10.2 Å². The molecule has 1 saturated heterocycles. The summed E-state index contributed by atoms with van der Waals surface area (Å²) < 4.78 is 6.53. The van der Waals surface area contributed by atoms with Crippen LogP contribution >= 0.6 is 11.3 Å². The predicted molar refractivity (Wildman–Crippen MR) is 105 cm³/mol. The lowest BCUT2D eigenvalue weighted by atomic mass is 9.76. The summed E-state index contributed by atoms with van der Waals surface area (Å²) in [4.78, 5) is 16.0. The van der Waals surface area contributed by atoms with Gasteiger partial charge in [0, 0.05) is 43.9 Å². The molecule has 1 atom stereocenters. The maximum Gasteiger partial charge on any atom is 0.220 e. The second kappa shape index (κ2) is 7.41. The molecule has 0 aliphatic carbocycles. The van der Waals surface area contributed by atoms with E-state index in [1.165, 1.54) is 10.4 Å². The Morgan fingerprint density at radius 2 is 2.08 bits per heavy atom. The van der Waals surface area contributed by atoms with E-state index in [-0.39, 0.29) is 17.4 Å². The molecule has 2 aromatic rings. The van der Waals surface area contributed by atoms with E-state index in [1.54, 1.807) is 7.05 Å². The highest BCUT2D eigenvalue weighted by atomic mass is 32.1. The van der Waals surface area contributed by atoms with E-state index in [9.17, 15) is 4.79 Å². The van der Waals surface area contributed by atoms with Gasteiger partial charge in [0.2, 0.25) is 5.91 Å². The van der Waals surface area contributed by atoms with Gasteiger partial charge in [-0.1, -0.05) is 24.3 Å². The number of hydrogen-bond acceptors (Lipinski definition) is 4. The van der Waals surface area contributed by atoms with Crippen molar-refractivity contribution in [3.05, 3.63) is 52.2 Å². The maximum atomic E-state index is 12.0. The number of benzene rings is 1. The standard InChI is InChI=1S/C21H26N2O2S/c1-22-20(24)13-16-14-21(25-19-7-3-2-6-18(16)19)8-10-23(11-9-21)15-17-5-4-12-26-17/h2-7,12,16H,8-11,13-15H2,1H3,(H,22,24)/t16-/m1/s1. The molecule has 1 aromatic heterocycles. The van der Waals surface area contributed by atoms with Crippen molar-refractivity contribution in [3.63, 3.8) is 0 Å². The molecule has 0 bridgehead atoms. The molecule has 4 nitrogen and oxygen atoms in total. The van der Waals surface area contributed by atoms with Gasteiger partial charge in [0.1, 0.15) is 11.4 Å². The molecule has 2 aliphatic heterocycles. The van der Waals surface area contributed by atoms with Crippen LogP contribution in [0.2, 0.25) is 0 Å². The van der Waals surface area contributed by atoms with Crippen molar-refractivity contribution < 1.29 is 9.53 Å². The van der Waals surface area contributed by atoms with Gasteiger partial charge in [0.25, 0.3) is 0 Å². The third-order valence-corrected chi connectivity index (χ3v) is 6.60. The minimum absolute atomic E-state index is 0.108. The number of likely N-dealkylation sites (tertiary alicyclic amines) is 1. The van der Waals surface area contributed by atoms with Crippen molar-refractivity contribution in [1.29, 1.82) is 0 Å². The molecule has 1 spiro atoms. The third kappa shape index (κ3) is 3.64. The molecule has 5 heteroatoms. The normalized spacial score (nSPS) is 21.8. The zero-order chi connectivity index (χ0) is 18.0. The van der Waals surface area contributed by atoms with Gasteiger partial charge in [-0.05, 0) is 42.3 Å². The Morgan fingerprint density at radius 3 is 2.81 bits per heavy atom. The van der Waals surface area contributed by atoms with Crippen molar-refractivity contribution >= 4 is 17.2 Å². The molecule has 1 N–H and O–H groups in total. The van der Waals surface area contributed by atoms with Crippen LogP contribution in [0.3, 0.4) is 0 Å². The molecule has 138 valence electrons. The smallest absolute Gasteiger partial charge is 0.220 e. The number of amides is 1. The van der Waals surface area contributed by atoms with Gasteiger partial charge in [-0.15, -0.1) is 11.3 Å². The number of hydrogen-bond donors (Lipinski definition) is 1. The van der Waals surface area contributed by atoms with E-state index >= 15 is 0 Å². The highest BCUT2D eigenvalue weighted by Crippen LogP contribution is 2.46.